The summed E-state index contributed by atoms with van der Waals surface area (Å²) >= 11 is 0. The number of methoxy groups -OCH3 is 1. The number of ether oxygens (including phenoxy) is 2. The minimum Gasteiger partial charge on any atom is -0.497 e. The number of nitrogens with two attached hydrogens (primary N) is 1. The molecular formula is C15H25N3O3. The quantitative estimate of drug-likeness (QED) is 0.865. The van der Waals surface area contributed by atoms with Crippen molar-refractivity contribution in [3.63, 3.8) is 0 Å². The summed E-state index contributed by atoms with van der Waals surface area (Å²) in [6.07, 6.45) is 1.19. The highest BCUT2D eigenvalue weighted by Crippen LogP contribution is 2.23. The van der Waals surface area contributed by atoms with Gasteiger partial charge >= 0.3 is 6.09 Å². The van der Waals surface area contributed by atoms with Crippen molar-refractivity contribution in [3.05, 3.63) is 24.0 Å². The fourth-order valence-corrected chi connectivity index (χ4v) is 1.72. The highest BCUT2D eigenvalue weighted by atomic mass is 16.6. The van der Waals surface area contributed by atoms with Gasteiger partial charge in [0.1, 0.15) is 11.4 Å². The molecule has 1 atom stereocenters. The number of nitrogens with zero attached hydrogens (tertiary/aromatic N) is 1. The highest BCUT2D eigenvalue weighted by Gasteiger charge is 2.28. The first-order chi connectivity index (χ1) is 9.70. The van der Waals surface area contributed by atoms with Crippen molar-refractivity contribution < 1.29 is 14.3 Å². The van der Waals surface area contributed by atoms with Crippen LogP contribution in [-0.4, -0.2) is 36.9 Å². The van der Waals surface area contributed by atoms with Gasteiger partial charge < -0.3 is 20.5 Å². The van der Waals surface area contributed by atoms with E-state index in [2.05, 4.69) is 10.3 Å². The Bertz CT molecular complexity index is 485. The van der Waals surface area contributed by atoms with E-state index in [0.29, 0.717) is 18.8 Å². The predicted molar refractivity (Wildman–Crippen MR) is 81.4 cm³/mol. The Hall–Kier alpha value is -1.82. The van der Waals surface area contributed by atoms with Gasteiger partial charge in [-0.3, -0.25) is 4.98 Å². The van der Waals surface area contributed by atoms with Gasteiger partial charge in [0, 0.05) is 30.8 Å². The molecule has 1 aromatic heterocycles. The van der Waals surface area contributed by atoms with Crippen molar-refractivity contribution in [2.45, 2.75) is 38.7 Å². The molecular weight excluding hydrogens is 270 g/mol. The molecule has 118 valence electrons. The van der Waals surface area contributed by atoms with Crippen LogP contribution in [-0.2, 0) is 10.2 Å². The second-order valence-electron chi connectivity index (χ2n) is 6.20. The van der Waals surface area contributed by atoms with E-state index < -0.39 is 17.1 Å². The number of hydrogen-bond donors (Lipinski definition) is 2. The Morgan fingerprint density at radius 3 is 2.57 bits per heavy atom. The Balaban J connectivity index is 2.78. The molecule has 0 spiro atoms. The SMILES string of the molecule is COc1ccnc(C(C)(CN)CNC(=O)OC(C)(C)C)c1. The van der Waals surface area contributed by atoms with Crippen LogP contribution in [0.15, 0.2) is 18.3 Å². The number of pyridine rings is 1. The third kappa shape index (κ3) is 5.23. The van der Waals surface area contributed by atoms with Gasteiger partial charge in [-0.2, -0.15) is 0 Å². The zero-order valence-electron chi connectivity index (χ0n) is 13.4. The summed E-state index contributed by atoms with van der Waals surface area (Å²) in [6, 6.07) is 3.59. The third-order valence-electron chi connectivity index (χ3n) is 3.06. The van der Waals surface area contributed by atoms with Crippen LogP contribution in [0.1, 0.15) is 33.4 Å². The summed E-state index contributed by atoms with van der Waals surface area (Å²) in [6.45, 7) is 8.06. The molecule has 21 heavy (non-hydrogen) atoms. The number of rotatable bonds is 5. The van der Waals surface area contributed by atoms with Crippen molar-refractivity contribution in [2.75, 3.05) is 20.2 Å². The van der Waals surface area contributed by atoms with Crippen molar-refractivity contribution in [3.8, 4) is 5.75 Å². The molecule has 1 unspecified atom stereocenters. The van der Waals surface area contributed by atoms with Crippen LogP contribution in [0.3, 0.4) is 0 Å². The molecule has 1 amide bonds. The summed E-state index contributed by atoms with van der Waals surface area (Å²) in [4.78, 5) is 16.1. The van der Waals surface area contributed by atoms with Crippen LogP contribution in [0.5, 0.6) is 5.75 Å². The van der Waals surface area contributed by atoms with Crippen molar-refractivity contribution >= 4 is 6.09 Å². The molecule has 0 aromatic carbocycles. The van der Waals surface area contributed by atoms with E-state index in [9.17, 15) is 4.79 Å². The molecule has 1 aromatic rings. The van der Waals surface area contributed by atoms with Gasteiger partial charge in [-0.25, -0.2) is 4.79 Å². The molecule has 1 rings (SSSR count). The molecule has 0 saturated heterocycles. The summed E-state index contributed by atoms with van der Waals surface area (Å²) in [5, 5.41) is 2.74. The molecule has 6 nitrogen and oxygen atoms in total. The molecule has 0 bridgehead atoms. The maximum Gasteiger partial charge on any atom is 0.407 e. The topological polar surface area (TPSA) is 86.5 Å². The Labute approximate surface area is 126 Å². The lowest BCUT2D eigenvalue weighted by Gasteiger charge is -2.28. The number of amides is 1. The number of carbonyl (C=O) groups is 1. The van der Waals surface area contributed by atoms with Crippen LogP contribution < -0.4 is 15.8 Å². The summed E-state index contributed by atoms with van der Waals surface area (Å²) in [7, 11) is 1.60. The van der Waals surface area contributed by atoms with Crippen LogP contribution >= 0.6 is 0 Å². The molecule has 0 radical (unpaired) electrons. The van der Waals surface area contributed by atoms with Crippen LogP contribution in [0.2, 0.25) is 0 Å². The minimum atomic E-state index is -0.530. The van der Waals surface area contributed by atoms with Gasteiger partial charge in [-0.15, -0.1) is 0 Å². The lowest BCUT2D eigenvalue weighted by molar-refractivity contribution is 0.0516. The highest BCUT2D eigenvalue weighted by molar-refractivity contribution is 5.67. The molecule has 1 heterocycles. The van der Waals surface area contributed by atoms with Crippen LogP contribution in [0.25, 0.3) is 0 Å². The number of carbonyl (C=O) groups excluding carboxylic acids is 1. The molecule has 0 aliphatic heterocycles. The maximum absolute atomic E-state index is 11.8. The van der Waals surface area contributed by atoms with Crippen LogP contribution in [0.4, 0.5) is 4.79 Å². The molecule has 6 heteroatoms. The fraction of sp³-hybridized carbons (Fsp3) is 0.600. The number of alkyl carbamates (subject to hydrolysis) is 1. The van der Waals surface area contributed by atoms with E-state index in [-0.39, 0.29) is 0 Å². The lowest BCUT2D eigenvalue weighted by atomic mass is 9.86. The van der Waals surface area contributed by atoms with E-state index in [4.69, 9.17) is 15.2 Å². The van der Waals surface area contributed by atoms with E-state index in [0.717, 1.165) is 5.69 Å². The first-order valence-corrected chi connectivity index (χ1v) is 6.87. The first kappa shape index (κ1) is 17.2. The number of aromatic nitrogens is 1. The monoisotopic (exact) mass is 295 g/mol. The number of hydrogen-bond acceptors (Lipinski definition) is 5. The van der Waals surface area contributed by atoms with Crippen molar-refractivity contribution in [2.24, 2.45) is 5.73 Å². The summed E-state index contributed by atoms with van der Waals surface area (Å²) in [5.74, 6) is 0.706. The van der Waals surface area contributed by atoms with E-state index in [1.807, 2.05) is 33.8 Å². The zero-order chi connectivity index (χ0) is 16.1. The Morgan fingerprint density at radius 2 is 2.05 bits per heavy atom. The summed E-state index contributed by atoms with van der Waals surface area (Å²) in [5.41, 5.74) is 5.61. The van der Waals surface area contributed by atoms with Gasteiger partial charge in [-0.1, -0.05) is 6.92 Å². The zero-order valence-corrected chi connectivity index (χ0v) is 13.4. The second kappa shape index (κ2) is 6.76. The molecule has 3 N–H and O–H groups in total. The van der Waals surface area contributed by atoms with Crippen molar-refractivity contribution in [1.82, 2.24) is 10.3 Å². The second-order valence-corrected chi connectivity index (χ2v) is 6.20. The molecule has 0 saturated carbocycles. The molecule has 0 aliphatic carbocycles. The van der Waals surface area contributed by atoms with E-state index in [1.54, 1.807) is 19.4 Å². The largest absolute Gasteiger partial charge is 0.497 e. The normalized spacial score (nSPS) is 14.2. The lowest BCUT2D eigenvalue weighted by Crippen LogP contribution is -2.45. The fourth-order valence-electron chi connectivity index (χ4n) is 1.72. The molecule has 0 aliphatic rings. The van der Waals surface area contributed by atoms with Gasteiger partial charge in [0.05, 0.1) is 12.8 Å². The van der Waals surface area contributed by atoms with Gasteiger partial charge in [0.25, 0.3) is 0 Å². The predicted octanol–water partition coefficient (Wildman–Crippen LogP) is 1.83. The Morgan fingerprint density at radius 1 is 1.38 bits per heavy atom. The van der Waals surface area contributed by atoms with Crippen molar-refractivity contribution in [1.29, 1.82) is 0 Å². The van der Waals surface area contributed by atoms with E-state index in [1.165, 1.54) is 0 Å². The van der Waals surface area contributed by atoms with E-state index >= 15 is 0 Å². The van der Waals surface area contributed by atoms with Gasteiger partial charge in [-0.05, 0) is 26.8 Å². The van der Waals surface area contributed by atoms with Crippen LogP contribution in [0, 0.1) is 0 Å². The molecule has 0 fully saturated rings. The van der Waals surface area contributed by atoms with Gasteiger partial charge in [0.15, 0.2) is 0 Å². The summed E-state index contributed by atoms with van der Waals surface area (Å²) < 4.78 is 10.4. The average Bonchev–Trinajstić information content (AvgIpc) is 2.43. The maximum atomic E-state index is 11.8. The standard InChI is InChI=1S/C15H25N3O3/c1-14(2,3)21-13(19)18-10-15(4,9-16)12-8-11(20-5)6-7-17-12/h6-8H,9-10,16H2,1-5H3,(H,18,19). The smallest absolute Gasteiger partial charge is 0.407 e. The first-order valence-electron chi connectivity index (χ1n) is 6.87. The van der Waals surface area contributed by atoms with Gasteiger partial charge in [0.2, 0.25) is 0 Å². The minimum absolute atomic E-state index is 0.332. The third-order valence-corrected chi connectivity index (χ3v) is 3.06. The number of nitrogens with one attached hydrogen (secondary N) is 1. The average molecular weight is 295 g/mol. The Kier molecular flexibility index (Phi) is 5.54.